The average Bonchev–Trinajstić information content (AvgIpc) is 2.48. The monoisotopic (exact) mass is 268 g/mol. The second-order valence-corrected chi connectivity index (χ2v) is 5.12. The third-order valence-corrected chi connectivity index (χ3v) is 3.76. The Bertz CT molecular complexity index is 638. The number of thioether (sulfide) groups is 1. The molecular weight excluding hydrogens is 256 g/mol. The van der Waals surface area contributed by atoms with Crippen molar-refractivity contribution in [3.8, 4) is 0 Å². The maximum Gasteiger partial charge on any atom is 0.257 e. The van der Waals surface area contributed by atoms with Crippen molar-refractivity contribution in [3.05, 3.63) is 65.7 Å². The first-order chi connectivity index (χ1) is 9.33. The number of benzene rings is 2. The number of amidine groups is 1. The van der Waals surface area contributed by atoms with E-state index in [1.165, 1.54) is 5.56 Å². The highest BCUT2D eigenvalue weighted by Gasteiger charge is 2.14. The van der Waals surface area contributed by atoms with Crippen LogP contribution in [0.15, 0.2) is 59.6 Å². The van der Waals surface area contributed by atoms with E-state index in [-0.39, 0.29) is 5.91 Å². The molecule has 2 aromatic rings. The molecule has 1 amide bonds. The van der Waals surface area contributed by atoms with Gasteiger partial charge in [-0.15, -0.1) is 0 Å². The summed E-state index contributed by atoms with van der Waals surface area (Å²) < 4.78 is 0. The zero-order chi connectivity index (χ0) is 13.1. The summed E-state index contributed by atoms with van der Waals surface area (Å²) in [6.07, 6.45) is 0. The Labute approximate surface area is 115 Å². The van der Waals surface area contributed by atoms with Gasteiger partial charge in [0.2, 0.25) is 0 Å². The average molecular weight is 268 g/mol. The van der Waals surface area contributed by atoms with Gasteiger partial charge < -0.3 is 5.32 Å². The van der Waals surface area contributed by atoms with E-state index in [1.807, 2.05) is 36.4 Å². The molecule has 0 saturated heterocycles. The van der Waals surface area contributed by atoms with Gasteiger partial charge in [0.05, 0.1) is 5.69 Å². The molecule has 0 spiro atoms. The molecule has 3 rings (SSSR count). The Morgan fingerprint density at radius 1 is 1.05 bits per heavy atom. The minimum atomic E-state index is -0.119. The molecule has 19 heavy (non-hydrogen) atoms. The van der Waals surface area contributed by atoms with Crippen molar-refractivity contribution >= 4 is 28.5 Å². The Balaban J connectivity index is 1.79. The van der Waals surface area contributed by atoms with Crippen LogP contribution in [0.2, 0.25) is 0 Å². The van der Waals surface area contributed by atoms with Gasteiger partial charge in [-0.05, 0) is 23.8 Å². The third kappa shape index (κ3) is 2.69. The quantitative estimate of drug-likeness (QED) is 0.861. The molecule has 2 aromatic carbocycles. The lowest BCUT2D eigenvalue weighted by molar-refractivity contribution is 0.0978. The fourth-order valence-electron chi connectivity index (χ4n) is 1.85. The number of para-hydroxylation sites is 1. The second kappa shape index (κ2) is 5.28. The number of rotatable bonds is 1. The molecule has 0 fully saturated rings. The van der Waals surface area contributed by atoms with E-state index < -0.39 is 0 Å². The first kappa shape index (κ1) is 12.0. The van der Waals surface area contributed by atoms with Crippen LogP contribution in [0.5, 0.6) is 0 Å². The van der Waals surface area contributed by atoms with Crippen molar-refractivity contribution in [2.75, 3.05) is 0 Å². The third-order valence-electron chi connectivity index (χ3n) is 2.83. The number of amides is 1. The summed E-state index contributed by atoms with van der Waals surface area (Å²) in [6, 6.07) is 17.1. The van der Waals surface area contributed by atoms with Crippen LogP contribution in [-0.2, 0) is 5.75 Å². The first-order valence-corrected chi connectivity index (χ1v) is 6.97. The molecule has 1 aliphatic heterocycles. The van der Waals surface area contributed by atoms with E-state index in [4.69, 9.17) is 0 Å². The molecule has 1 aliphatic rings. The van der Waals surface area contributed by atoms with Crippen molar-refractivity contribution in [3.63, 3.8) is 0 Å². The highest BCUT2D eigenvalue weighted by Crippen LogP contribution is 2.29. The Morgan fingerprint density at radius 3 is 2.63 bits per heavy atom. The van der Waals surface area contributed by atoms with E-state index in [0.29, 0.717) is 10.7 Å². The van der Waals surface area contributed by atoms with E-state index in [0.717, 1.165) is 11.4 Å². The van der Waals surface area contributed by atoms with Gasteiger partial charge in [0, 0.05) is 11.3 Å². The molecule has 1 heterocycles. The lowest BCUT2D eigenvalue weighted by Crippen LogP contribution is -2.29. The summed E-state index contributed by atoms with van der Waals surface area (Å²) in [5.74, 6) is 0.718. The first-order valence-electron chi connectivity index (χ1n) is 5.99. The van der Waals surface area contributed by atoms with Gasteiger partial charge in [0.1, 0.15) is 0 Å². The molecule has 0 bridgehead atoms. The van der Waals surface area contributed by atoms with Gasteiger partial charge in [-0.2, -0.15) is 0 Å². The van der Waals surface area contributed by atoms with Gasteiger partial charge in [-0.1, -0.05) is 48.2 Å². The molecule has 4 heteroatoms. The van der Waals surface area contributed by atoms with Crippen molar-refractivity contribution in [1.29, 1.82) is 0 Å². The predicted molar refractivity (Wildman–Crippen MR) is 78.7 cm³/mol. The van der Waals surface area contributed by atoms with Crippen LogP contribution in [0, 0.1) is 0 Å². The number of nitrogens with one attached hydrogen (secondary N) is 1. The van der Waals surface area contributed by atoms with Crippen molar-refractivity contribution in [1.82, 2.24) is 5.32 Å². The second-order valence-electron chi connectivity index (χ2n) is 4.15. The molecule has 0 radical (unpaired) electrons. The normalized spacial score (nSPS) is 13.4. The molecule has 0 saturated carbocycles. The molecule has 94 valence electrons. The number of nitrogens with zero attached hydrogens (tertiary/aromatic N) is 1. The van der Waals surface area contributed by atoms with E-state index >= 15 is 0 Å². The lowest BCUT2D eigenvalue weighted by atomic mass is 10.2. The fourth-order valence-corrected chi connectivity index (χ4v) is 2.72. The lowest BCUT2D eigenvalue weighted by Gasteiger charge is -2.15. The van der Waals surface area contributed by atoms with Crippen molar-refractivity contribution in [2.45, 2.75) is 5.75 Å². The molecule has 1 N–H and O–H groups in total. The highest BCUT2D eigenvalue weighted by molar-refractivity contribution is 8.13. The fraction of sp³-hybridized carbons (Fsp3) is 0.0667. The number of fused-ring (bicyclic) bond motifs is 1. The van der Waals surface area contributed by atoms with Gasteiger partial charge in [-0.3, -0.25) is 4.79 Å². The summed E-state index contributed by atoms with van der Waals surface area (Å²) in [6.45, 7) is 0. The van der Waals surface area contributed by atoms with Crippen molar-refractivity contribution in [2.24, 2.45) is 4.99 Å². The van der Waals surface area contributed by atoms with E-state index in [2.05, 4.69) is 16.4 Å². The largest absolute Gasteiger partial charge is 0.301 e. The van der Waals surface area contributed by atoms with Crippen LogP contribution in [-0.4, -0.2) is 11.1 Å². The number of hydrogen-bond donors (Lipinski definition) is 1. The Morgan fingerprint density at radius 2 is 1.79 bits per heavy atom. The van der Waals surface area contributed by atoms with Crippen LogP contribution in [0.25, 0.3) is 0 Å². The van der Waals surface area contributed by atoms with Gasteiger partial charge in [-0.25, -0.2) is 4.99 Å². The molecule has 0 unspecified atom stereocenters. The number of carbonyl (C=O) groups excluding carboxylic acids is 1. The molecular formula is C15H12N2OS. The summed E-state index contributed by atoms with van der Waals surface area (Å²) in [5.41, 5.74) is 2.78. The summed E-state index contributed by atoms with van der Waals surface area (Å²) in [7, 11) is 0. The topological polar surface area (TPSA) is 41.5 Å². The van der Waals surface area contributed by atoms with Gasteiger partial charge in [0.25, 0.3) is 5.91 Å². The minimum Gasteiger partial charge on any atom is -0.301 e. The molecule has 0 aromatic heterocycles. The van der Waals surface area contributed by atoms with Crippen molar-refractivity contribution < 1.29 is 4.79 Å². The SMILES string of the molecule is O=C(NC1=Nc2ccccc2CS1)c1ccccc1. The van der Waals surface area contributed by atoms with E-state index in [9.17, 15) is 4.79 Å². The Kier molecular flexibility index (Phi) is 3.33. The highest BCUT2D eigenvalue weighted by atomic mass is 32.2. The van der Waals surface area contributed by atoms with Gasteiger partial charge in [0.15, 0.2) is 5.17 Å². The standard InChI is InChI=1S/C15H12N2OS/c18-14(11-6-2-1-3-7-11)17-15-16-13-9-5-4-8-12(13)10-19-15/h1-9H,10H2,(H,16,17,18). The zero-order valence-corrected chi connectivity index (χ0v) is 11.0. The van der Waals surface area contributed by atoms with E-state index in [1.54, 1.807) is 23.9 Å². The Hall–Kier alpha value is -2.07. The zero-order valence-electron chi connectivity index (χ0n) is 10.2. The van der Waals surface area contributed by atoms with Crippen LogP contribution in [0.1, 0.15) is 15.9 Å². The van der Waals surface area contributed by atoms with Crippen LogP contribution in [0.4, 0.5) is 5.69 Å². The smallest absolute Gasteiger partial charge is 0.257 e. The van der Waals surface area contributed by atoms with Crippen LogP contribution < -0.4 is 5.32 Å². The number of aliphatic imine (C=N–C) groups is 1. The molecule has 0 atom stereocenters. The van der Waals surface area contributed by atoms with Crippen LogP contribution in [0.3, 0.4) is 0 Å². The number of hydrogen-bond acceptors (Lipinski definition) is 3. The summed E-state index contributed by atoms with van der Waals surface area (Å²) in [5, 5.41) is 3.51. The van der Waals surface area contributed by atoms with Gasteiger partial charge >= 0.3 is 0 Å². The molecule has 3 nitrogen and oxygen atoms in total. The maximum atomic E-state index is 12.0. The maximum absolute atomic E-state index is 12.0. The molecule has 0 aliphatic carbocycles. The summed E-state index contributed by atoms with van der Waals surface area (Å²) in [4.78, 5) is 16.5. The van der Waals surface area contributed by atoms with Crippen LogP contribution >= 0.6 is 11.8 Å². The minimum absolute atomic E-state index is 0.119. The predicted octanol–water partition coefficient (Wildman–Crippen LogP) is 3.35. The summed E-state index contributed by atoms with van der Waals surface area (Å²) >= 11 is 1.55. The number of carbonyl (C=O) groups is 1.